The van der Waals surface area contributed by atoms with Gasteiger partial charge in [0.15, 0.2) is 0 Å². The second-order valence-electron chi connectivity index (χ2n) is 5.60. The highest BCUT2D eigenvalue weighted by atomic mass is 35.5. The highest BCUT2D eigenvalue weighted by Crippen LogP contribution is 2.24. The van der Waals surface area contributed by atoms with Crippen LogP contribution in [0.3, 0.4) is 0 Å². The van der Waals surface area contributed by atoms with Gasteiger partial charge in [-0.2, -0.15) is 4.31 Å². The molecule has 1 atom stereocenters. The summed E-state index contributed by atoms with van der Waals surface area (Å²) in [6.45, 7) is 6.12. The van der Waals surface area contributed by atoms with Gasteiger partial charge in [0.25, 0.3) is 0 Å². The van der Waals surface area contributed by atoms with E-state index in [0.29, 0.717) is 31.2 Å². The molecule has 1 saturated heterocycles. The monoisotopic (exact) mass is 346 g/mol. The van der Waals surface area contributed by atoms with E-state index in [1.54, 1.807) is 12.1 Å². The lowest BCUT2D eigenvalue weighted by Gasteiger charge is -2.37. The van der Waals surface area contributed by atoms with Crippen LogP contribution in [-0.4, -0.2) is 61.6 Å². The largest absolute Gasteiger partial charge is 0.395 e. The highest BCUT2D eigenvalue weighted by molar-refractivity contribution is 7.89. The average Bonchev–Trinajstić information content (AvgIpc) is 2.51. The molecular weight excluding hydrogens is 324 g/mol. The van der Waals surface area contributed by atoms with Crippen molar-refractivity contribution in [2.24, 2.45) is 0 Å². The fourth-order valence-electron chi connectivity index (χ4n) is 2.69. The Morgan fingerprint density at radius 2 is 1.91 bits per heavy atom. The topological polar surface area (TPSA) is 60.9 Å². The number of nitrogens with zero attached hydrogens (tertiary/aromatic N) is 2. The van der Waals surface area contributed by atoms with Gasteiger partial charge < -0.3 is 5.11 Å². The molecule has 0 amide bonds. The molecule has 5 nitrogen and oxygen atoms in total. The number of hydrogen-bond acceptors (Lipinski definition) is 4. The number of halogens is 1. The van der Waals surface area contributed by atoms with Crippen LogP contribution in [0.15, 0.2) is 23.1 Å². The van der Waals surface area contributed by atoms with Gasteiger partial charge in [-0.25, -0.2) is 8.42 Å². The molecule has 1 aliphatic heterocycles. The van der Waals surface area contributed by atoms with Gasteiger partial charge in [0.05, 0.1) is 11.5 Å². The summed E-state index contributed by atoms with van der Waals surface area (Å²) in [5, 5.41) is 9.81. The quantitative estimate of drug-likeness (QED) is 0.882. The summed E-state index contributed by atoms with van der Waals surface area (Å²) < 4.78 is 26.8. The third kappa shape index (κ3) is 3.63. The summed E-state index contributed by atoms with van der Waals surface area (Å²) in [6, 6.07) is 4.95. The minimum absolute atomic E-state index is 0.108. The molecule has 1 aromatic rings. The van der Waals surface area contributed by atoms with E-state index in [2.05, 4.69) is 4.90 Å². The standard InChI is InChI=1S/C15H23ClN2O3S/c1-3-13(11-19)17-6-8-18(9-7-17)22(20,21)14-5-4-12(2)15(16)10-14/h4-5,10,13,19H,3,6-9,11H2,1-2H3. The number of aliphatic hydroxyl groups is 1. The van der Waals surface area contributed by atoms with Gasteiger partial charge in [0, 0.05) is 37.2 Å². The highest BCUT2D eigenvalue weighted by Gasteiger charge is 2.30. The molecule has 0 saturated carbocycles. The number of aliphatic hydroxyl groups excluding tert-OH is 1. The molecule has 0 spiro atoms. The van der Waals surface area contributed by atoms with Crippen LogP contribution in [0.25, 0.3) is 0 Å². The molecule has 0 bridgehead atoms. The molecule has 1 N–H and O–H groups in total. The summed E-state index contributed by atoms with van der Waals surface area (Å²) in [5.41, 5.74) is 0.860. The van der Waals surface area contributed by atoms with Crippen LogP contribution in [0, 0.1) is 6.92 Å². The van der Waals surface area contributed by atoms with Crippen LogP contribution in [0.2, 0.25) is 5.02 Å². The van der Waals surface area contributed by atoms with Gasteiger partial charge in [-0.05, 0) is 31.0 Å². The Bertz CT molecular complexity index is 609. The predicted molar refractivity (Wildman–Crippen MR) is 87.7 cm³/mol. The third-order valence-electron chi connectivity index (χ3n) is 4.25. The fourth-order valence-corrected chi connectivity index (χ4v) is 4.39. The Morgan fingerprint density at radius 1 is 1.27 bits per heavy atom. The normalized spacial score (nSPS) is 19.3. The lowest BCUT2D eigenvalue weighted by atomic mass is 10.2. The van der Waals surface area contributed by atoms with Gasteiger partial charge >= 0.3 is 0 Å². The molecule has 1 fully saturated rings. The molecule has 1 unspecified atom stereocenters. The maximum absolute atomic E-state index is 12.7. The summed E-state index contributed by atoms with van der Waals surface area (Å²) >= 11 is 6.04. The smallest absolute Gasteiger partial charge is 0.243 e. The van der Waals surface area contributed by atoms with Crippen molar-refractivity contribution >= 4 is 21.6 Å². The average molecular weight is 347 g/mol. The van der Waals surface area contributed by atoms with E-state index in [1.165, 1.54) is 10.4 Å². The van der Waals surface area contributed by atoms with Crippen LogP contribution in [-0.2, 0) is 10.0 Å². The minimum atomic E-state index is -3.50. The van der Waals surface area contributed by atoms with E-state index in [-0.39, 0.29) is 17.5 Å². The van der Waals surface area contributed by atoms with Gasteiger partial charge in [-0.3, -0.25) is 4.90 Å². The Hall–Kier alpha value is -0.660. The SMILES string of the molecule is CCC(CO)N1CCN(S(=O)(=O)c2ccc(C)c(Cl)c2)CC1. The number of rotatable bonds is 5. The van der Waals surface area contributed by atoms with E-state index in [4.69, 9.17) is 11.6 Å². The molecule has 0 aliphatic carbocycles. The van der Waals surface area contributed by atoms with Crippen molar-refractivity contribution in [1.29, 1.82) is 0 Å². The zero-order chi connectivity index (χ0) is 16.3. The maximum atomic E-state index is 12.7. The van der Waals surface area contributed by atoms with Crippen molar-refractivity contribution in [2.75, 3.05) is 32.8 Å². The Balaban J connectivity index is 2.11. The summed E-state index contributed by atoms with van der Waals surface area (Å²) in [7, 11) is -3.50. The molecule has 7 heteroatoms. The van der Waals surface area contributed by atoms with Crippen molar-refractivity contribution in [3.05, 3.63) is 28.8 Å². The first-order valence-corrected chi connectivity index (χ1v) is 9.33. The zero-order valence-corrected chi connectivity index (χ0v) is 14.6. The first kappa shape index (κ1) is 17.7. The molecule has 1 aromatic carbocycles. The van der Waals surface area contributed by atoms with Crippen LogP contribution in [0.5, 0.6) is 0 Å². The lowest BCUT2D eigenvalue weighted by Crippen LogP contribution is -2.52. The van der Waals surface area contributed by atoms with Crippen molar-refractivity contribution in [3.63, 3.8) is 0 Å². The van der Waals surface area contributed by atoms with E-state index in [0.717, 1.165) is 12.0 Å². The van der Waals surface area contributed by atoms with E-state index >= 15 is 0 Å². The van der Waals surface area contributed by atoms with Crippen LogP contribution < -0.4 is 0 Å². The maximum Gasteiger partial charge on any atom is 0.243 e. The van der Waals surface area contributed by atoms with Gasteiger partial charge in [0.2, 0.25) is 10.0 Å². The number of piperazine rings is 1. The molecule has 2 rings (SSSR count). The van der Waals surface area contributed by atoms with Crippen LogP contribution in [0.4, 0.5) is 0 Å². The molecule has 0 aromatic heterocycles. The molecule has 124 valence electrons. The number of aryl methyl sites for hydroxylation is 1. The van der Waals surface area contributed by atoms with Crippen molar-refractivity contribution < 1.29 is 13.5 Å². The van der Waals surface area contributed by atoms with Gasteiger partial charge in [-0.15, -0.1) is 0 Å². The molecule has 1 aliphatic rings. The lowest BCUT2D eigenvalue weighted by molar-refractivity contribution is 0.0881. The first-order chi connectivity index (χ1) is 10.4. The number of hydrogen-bond donors (Lipinski definition) is 1. The Labute approximate surface area is 137 Å². The molecule has 0 radical (unpaired) electrons. The second kappa shape index (κ2) is 7.27. The summed E-state index contributed by atoms with van der Waals surface area (Å²) in [6.07, 6.45) is 0.858. The Morgan fingerprint density at radius 3 is 2.41 bits per heavy atom. The van der Waals surface area contributed by atoms with Crippen molar-refractivity contribution in [1.82, 2.24) is 9.21 Å². The van der Waals surface area contributed by atoms with Crippen molar-refractivity contribution in [3.8, 4) is 0 Å². The van der Waals surface area contributed by atoms with Crippen molar-refractivity contribution in [2.45, 2.75) is 31.2 Å². The van der Waals surface area contributed by atoms with Crippen LogP contribution in [0.1, 0.15) is 18.9 Å². The van der Waals surface area contributed by atoms with Gasteiger partial charge in [-0.1, -0.05) is 24.6 Å². The zero-order valence-electron chi connectivity index (χ0n) is 13.0. The second-order valence-corrected chi connectivity index (χ2v) is 7.94. The van der Waals surface area contributed by atoms with E-state index in [1.807, 2.05) is 13.8 Å². The molecular formula is C15H23ClN2O3S. The predicted octanol–water partition coefficient (Wildman–Crippen LogP) is 1.73. The van der Waals surface area contributed by atoms with Gasteiger partial charge in [0.1, 0.15) is 0 Å². The van der Waals surface area contributed by atoms with E-state index in [9.17, 15) is 13.5 Å². The number of sulfonamides is 1. The van der Waals surface area contributed by atoms with E-state index < -0.39 is 10.0 Å². The number of benzene rings is 1. The molecule has 22 heavy (non-hydrogen) atoms. The minimum Gasteiger partial charge on any atom is -0.395 e. The van der Waals surface area contributed by atoms with Crippen LogP contribution >= 0.6 is 11.6 Å². The summed E-state index contributed by atoms with van der Waals surface area (Å²) in [5.74, 6) is 0. The molecule has 1 heterocycles. The first-order valence-electron chi connectivity index (χ1n) is 7.51. The Kier molecular flexibility index (Phi) is 5.85. The fraction of sp³-hybridized carbons (Fsp3) is 0.600. The third-order valence-corrected chi connectivity index (χ3v) is 6.55. The summed E-state index contributed by atoms with van der Waals surface area (Å²) in [4.78, 5) is 2.39.